The van der Waals surface area contributed by atoms with Crippen LogP contribution in [0, 0.1) is 5.92 Å². The van der Waals surface area contributed by atoms with Gasteiger partial charge in [0.1, 0.15) is 5.75 Å². The minimum absolute atomic E-state index is 0.0101. The Morgan fingerprint density at radius 3 is 2.52 bits per heavy atom. The standard InChI is InChI=1S/C22H34N4O3/c1-17(2)23-16-18-15-21(27)26(22(18)28)10-6-9-24-11-13-25(14-12-24)19-7-4-5-8-20(19)29-3/h4-5,7-8,17-18,23H,6,9-16H2,1-3H3. The molecule has 2 amide bonds. The van der Waals surface area contributed by atoms with E-state index in [1.54, 1.807) is 7.11 Å². The van der Waals surface area contributed by atoms with Crippen molar-refractivity contribution in [1.82, 2.24) is 15.1 Å². The molecule has 2 saturated heterocycles. The van der Waals surface area contributed by atoms with Crippen molar-refractivity contribution in [2.45, 2.75) is 32.7 Å². The van der Waals surface area contributed by atoms with Crippen LogP contribution in [0.3, 0.4) is 0 Å². The molecular weight excluding hydrogens is 368 g/mol. The molecule has 160 valence electrons. The summed E-state index contributed by atoms with van der Waals surface area (Å²) in [5.41, 5.74) is 1.14. The summed E-state index contributed by atoms with van der Waals surface area (Å²) in [5.74, 6) is 0.679. The lowest BCUT2D eigenvalue weighted by atomic mass is 10.1. The summed E-state index contributed by atoms with van der Waals surface area (Å²) < 4.78 is 5.48. The molecule has 1 N–H and O–H groups in total. The quantitative estimate of drug-likeness (QED) is 0.633. The molecule has 1 aromatic carbocycles. The highest BCUT2D eigenvalue weighted by atomic mass is 16.5. The van der Waals surface area contributed by atoms with Crippen LogP contribution >= 0.6 is 0 Å². The summed E-state index contributed by atoms with van der Waals surface area (Å²) in [7, 11) is 1.71. The third-order valence-electron chi connectivity index (χ3n) is 5.76. The second-order valence-corrected chi connectivity index (χ2v) is 8.20. The monoisotopic (exact) mass is 402 g/mol. The highest BCUT2D eigenvalue weighted by Crippen LogP contribution is 2.28. The second-order valence-electron chi connectivity index (χ2n) is 8.20. The number of nitrogens with one attached hydrogen (secondary N) is 1. The summed E-state index contributed by atoms with van der Waals surface area (Å²) in [6.45, 7) is 9.97. The van der Waals surface area contributed by atoms with E-state index in [2.05, 4.69) is 21.2 Å². The number of piperazine rings is 1. The van der Waals surface area contributed by atoms with Crippen molar-refractivity contribution in [3.63, 3.8) is 0 Å². The minimum Gasteiger partial charge on any atom is -0.495 e. The number of ether oxygens (including phenoxy) is 1. The molecule has 1 unspecified atom stereocenters. The van der Waals surface area contributed by atoms with Crippen molar-refractivity contribution in [3.05, 3.63) is 24.3 Å². The molecule has 0 aliphatic carbocycles. The minimum atomic E-state index is -0.200. The van der Waals surface area contributed by atoms with Crippen molar-refractivity contribution >= 4 is 17.5 Å². The first-order chi connectivity index (χ1) is 14.0. The third-order valence-corrected chi connectivity index (χ3v) is 5.76. The van der Waals surface area contributed by atoms with Gasteiger partial charge in [0.2, 0.25) is 11.8 Å². The number of amides is 2. The first-order valence-electron chi connectivity index (χ1n) is 10.7. The molecule has 3 rings (SSSR count). The number of rotatable bonds is 9. The summed E-state index contributed by atoms with van der Waals surface area (Å²) in [6, 6.07) is 8.45. The number of benzene rings is 1. The van der Waals surface area contributed by atoms with E-state index in [1.807, 2.05) is 32.0 Å². The Labute approximate surface area is 174 Å². The summed E-state index contributed by atoms with van der Waals surface area (Å²) >= 11 is 0. The van der Waals surface area contributed by atoms with Crippen LogP contribution in [0.4, 0.5) is 5.69 Å². The van der Waals surface area contributed by atoms with Crippen LogP contribution in [0.1, 0.15) is 26.7 Å². The molecule has 0 radical (unpaired) electrons. The molecule has 2 heterocycles. The fraction of sp³-hybridized carbons (Fsp3) is 0.636. The number of methoxy groups -OCH3 is 1. The van der Waals surface area contributed by atoms with Gasteiger partial charge in [-0.15, -0.1) is 0 Å². The Kier molecular flexibility index (Phi) is 7.50. The Hall–Kier alpha value is -2.12. The molecular formula is C22H34N4O3. The van der Waals surface area contributed by atoms with Crippen molar-refractivity contribution in [2.75, 3.05) is 57.8 Å². The molecule has 0 spiro atoms. The van der Waals surface area contributed by atoms with E-state index in [0.717, 1.165) is 50.6 Å². The van der Waals surface area contributed by atoms with Crippen LogP contribution in [0.25, 0.3) is 0 Å². The Morgan fingerprint density at radius 1 is 1.10 bits per heavy atom. The van der Waals surface area contributed by atoms with Crippen molar-refractivity contribution in [3.8, 4) is 5.75 Å². The largest absolute Gasteiger partial charge is 0.495 e. The van der Waals surface area contributed by atoms with Crippen LogP contribution in [0.2, 0.25) is 0 Å². The zero-order chi connectivity index (χ0) is 20.8. The average molecular weight is 403 g/mol. The fourth-order valence-corrected chi connectivity index (χ4v) is 4.08. The molecule has 7 nitrogen and oxygen atoms in total. The van der Waals surface area contributed by atoms with Crippen LogP contribution in [-0.2, 0) is 9.59 Å². The topological polar surface area (TPSA) is 65.1 Å². The lowest BCUT2D eigenvalue weighted by Gasteiger charge is -2.36. The molecule has 0 saturated carbocycles. The van der Waals surface area contributed by atoms with Gasteiger partial charge in [-0.2, -0.15) is 0 Å². The van der Waals surface area contributed by atoms with Crippen LogP contribution in [-0.4, -0.2) is 80.6 Å². The molecule has 7 heteroatoms. The average Bonchev–Trinajstić information content (AvgIpc) is 3.00. The molecule has 1 aromatic rings. The van der Waals surface area contributed by atoms with E-state index < -0.39 is 0 Å². The summed E-state index contributed by atoms with van der Waals surface area (Å²) in [5, 5.41) is 3.27. The first-order valence-corrected chi connectivity index (χ1v) is 10.7. The number of nitrogens with zero attached hydrogens (tertiary/aromatic N) is 3. The molecule has 2 aliphatic rings. The normalized spacial score (nSPS) is 20.8. The smallest absolute Gasteiger partial charge is 0.234 e. The van der Waals surface area contributed by atoms with Crippen LogP contribution < -0.4 is 15.0 Å². The fourth-order valence-electron chi connectivity index (χ4n) is 4.08. The van der Waals surface area contributed by atoms with E-state index in [0.29, 0.717) is 25.6 Å². The van der Waals surface area contributed by atoms with Crippen LogP contribution in [0.15, 0.2) is 24.3 Å². The zero-order valence-corrected chi connectivity index (χ0v) is 17.9. The van der Waals surface area contributed by atoms with Gasteiger partial charge in [0, 0.05) is 51.7 Å². The number of hydrogen-bond donors (Lipinski definition) is 1. The lowest BCUT2D eigenvalue weighted by Crippen LogP contribution is -2.47. The molecule has 1 atom stereocenters. The molecule has 0 bridgehead atoms. The maximum absolute atomic E-state index is 12.5. The van der Waals surface area contributed by atoms with E-state index in [9.17, 15) is 9.59 Å². The van der Waals surface area contributed by atoms with E-state index in [-0.39, 0.29) is 17.7 Å². The van der Waals surface area contributed by atoms with Gasteiger partial charge >= 0.3 is 0 Å². The highest BCUT2D eigenvalue weighted by molar-refractivity contribution is 6.03. The van der Waals surface area contributed by atoms with E-state index in [4.69, 9.17) is 4.74 Å². The summed E-state index contributed by atoms with van der Waals surface area (Å²) in [4.78, 5) is 31.0. The zero-order valence-electron chi connectivity index (χ0n) is 17.9. The molecule has 29 heavy (non-hydrogen) atoms. The number of carbonyl (C=O) groups excluding carboxylic acids is 2. The Balaban J connectivity index is 1.41. The number of imide groups is 1. The number of anilines is 1. The van der Waals surface area contributed by atoms with E-state index >= 15 is 0 Å². The van der Waals surface area contributed by atoms with Crippen molar-refractivity contribution in [2.24, 2.45) is 5.92 Å². The second kappa shape index (κ2) is 10.1. The van der Waals surface area contributed by atoms with Gasteiger partial charge < -0.3 is 15.0 Å². The maximum atomic E-state index is 12.5. The van der Waals surface area contributed by atoms with Gasteiger partial charge in [0.15, 0.2) is 0 Å². The molecule has 2 aliphatic heterocycles. The Morgan fingerprint density at radius 2 is 1.83 bits per heavy atom. The third kappa shape index (κ3) is 5.48. The predicted molar refractivity (Wildman–Crippen MR) is 114 cm³/mol. The van der Waals surface area contributed by atoms with Gasteiger partial charge in [-0.1, -0.05) is 26.0 Å². The first kappa shape index (κ1) is 21.6. The van der Waals surface area contributed by atoms with Crippen molar-refractivity contribution < 1.29 is 14.3 Å². The number of para-hydroxylation sites is 2. The van der Waals surface area contributed by atoms with Gasteiger partial charge in [-0.3, -0.25) is 19.4 Å². The Bertz CT molecular complexity index is 701. The molecule has 2 fully saturated rings. The van der Waals surface area contributed by atoms with Crippen LogP contribution in [0.5, 0.6) is 5.75 Å². The SMILES string of the molecule is COc1ccccc1N1CCN(CCCN2C(=O)CC(CNC(C)C)C2=O)CC1. The maximum Gasteiger partial charge on any atom is 0.234 e. The predicted octanol–water partition coefficient (Wildman–Crippen LogP) is 1.58. The molecule has 0 aromatic heterocycles. The van der Waals surface area contributed by atoms with Gasteiger partial charge in [-0.05, 0) is 25.1 Å². The van der Waals surface area contributed by atoms with Crippen molar-refractivity contribution in [1.29, 1.82) is 0 Å². The highest BCUT2D eigenvalue weighted by Gasteiger charge is 2.37. The number of carbonyl (C=O) groups is 2. The van der Waals surface area contributed by atoms with Gasteiger partial charge in [0.25, 0.3) is 0 Å². The number of likely N-dealkylation sites (tertiary alicyclic amines) is 1. The van der Waals surface area contributed by atoms with E-state index in [1.165, 1.54) is 4.90 Å². The summed E-state index contributed by atoms with van der Waals surface area (Å²) in [6.07, 6.45) is 1.17. The van der Waals surface area contributed by atoms with Gasteiger partial charge in [0.05, 0.1) is 18.7 Å². The van der Waals surface area contributed by atoms with Gasteiger partial charge in [-0.25, -0.2) is 0 Å². The lowest BCUT2D eigenvalue weighted by molar-refractivity contribution is -0.139. The number of hydrogen-bond acceptors (Lipinski definition) is 6.